The maximum absolute atomic E-state index is 8.87. The van der Waals surface area contributed by atoms with Gasteiger partial charge in [-0.1, -0.05) is 13.8 Å². The number of hydrogen-bond acceptors (Lipinski definition) is 2. The van der Waals surface area contributed by atoms with Gasteiger partial charge in [0.15, 0.2) is 0 Å². The van der Waals surface area contributed by atoms with Gasteiger partial charge in [0.1, 0.15) is 0 Å². The van der Waals surface area contributed by atoms with Crippen LogP contribution in [0, 0.1) is 17.2 Å². The highest BCUT2D eigenvalue weighted by atomic mass is 15.2. The van der Waals surface area contributed by atoms with Crippen molar-refractivity contribution in [2.75, 3.05) is 13.1 Å². The van der Waals surface area contributed by atoms with Crippen LogP contribution in [0.3, 0.4) is 0 Å². The second-order valence-corrected chi connectivity index (χ2v) is 3.80. The van der Waals surface area contributed by atoms with Crippen LogP contribution in [-0.2, 0) is 0 Å². The molecule has 0 spiro atoms. The molecule has 0 aliphatic carbocycles. The summed E-state index contributed by atoms with van der Waals surface area (Å²) in [6, 6.07) is 2.53. The van der Waals surface area contributed by atoms with E-state index in [1.807, 2.05) is 0 Å². The molecular formula is C10H18N2. The molecule has 1 aliphatic rings. The highest BCUT2D eigenvalue weighted by Gasteiger charge is 2.21. The van der Waals surface area contributed by atoms with Crippen molar-refractivity contribution in [2.24, 2.45) is 5.92 Å². The summed E-state index contributed by atoms with van der Waals surface area (Å²) in [4.78, 5) is 2.33. The maximum Gasteiger partial charge on any atom is 0.0975 e. The van der Waals surface area contributed by atoms with E-state index in [1.165, 1.54) is 12.8 Å². The summed E-state index contributed by atoms with van der Waals surface area (Å²) in [5.74, 6) is 0.779. The highest BCUT2D eigenvalue weighted by Crippen LogP contribution is 2.18. The van der Waals surface area contributed by atoms with E-state index < -0.39 is 0 Å². The fourth-order valence-electron chi connectivity index (χ4n) is 1.94. The fraction of sp³-hybridized carbons (Fsp3) is 0.900. The SMILES string of the molecule is CCC(C#N)N1CCCC(C)C1. The van der Waals surface area contributed by atoms with Gasteiger partial charge in [0.2, 0.25) is 0 Å². The van der Waals surface area contributed by atoms with Crippen LogP contribution in [0.1, 0.15) is 33.1 Å². The zero-order chi connectivity index (χ0) is 8.97. The van der Waals surface area contributed by atoms with Crippen molar-refractivity contribution in [3.8, 4) is 6.07 Å². The van der Waals surface area contributed by atoms with Crippen molar-refractivity contribution >= 4 is 0 Å². The largest absolute Gasteiger partial charge is 0.288 e. The average molecular weight is 166 g/mol. The summed E-state index contributed by atoms with van der Waals surface area (Å²) in [5, 5.41) is 8.87. The maximum atomic E-state index is 8.87. The highest BCUT2D eigenvalue weighted by molar-refractivity contribution is 4.92. The Morgan fingerprint density at radius 1 is 1.67 bits per heavy atom. The smallest absolute Gasteiger partial charge is 0.0975 e. The molecule has 1 aliphatic heterocycles. The van der Waals surface area contributed by atoms with Crippen molar-refractivity contribution in [2.45, 2.75) is 39.2 Å². The Labute approximate surface area is 75.2 Å². The molecule has 0 aromatic rings. The van der Waals surface area contributed by atoms with Crippen LogP contribution >= 0.6 is 0 Å². The van der Waals surface area contributed by atoms with Gasteiger partial charge in [-0.2, -0.15) is 5.26 Å². The third-order valence-electron chi connectivity index (χ3n) is 2.66. The van der Waals surface area contributed by atoms with E-state index in [-0.39, 0.29) is 6.04 Å². The summed E-state index contributed by atoms with van der Waals surface area (Å²) in [7, 11) is 0. The number of hydrogen-bond donors (Lipinski definition) is 0. The number of nitrogens with zero attached hydrogens (tertiary/aromatic N) is 2. The van der Waals surface area contributed by atoms with Crippen molar-refractivity contribution < 1.29 is 0 Å². The Hall–Kier alpha value is -0.550. The Bertz CT molecular complexity index is 171. The predicted octanol–water partition coefficient (Wildman–Crippen LogP) is 2.02. The Kier molecular flexibility index (Phi) is 3.55. The Morgan fingerprint density at radius 3 is 2.92 bits per heavy atom. The standard InChI is InChI=1S/C10H18N2/c1-3-10(7-11)12-6-4-5-9(2)8-12/h9-10H,3-6,8H2,1-2H3. The van der Waals surface area contributed by atoms with Gasteiger partial charge >= 0.3 is 0 Å². The summed E-state index contributed by atoms with van der Waals surface area (Å²) >= 11 is 0. The van der Waals surface area contributed by atoms with Crippen LogP contribution in [0.15, 0.2) is 0 Å². The number of rotatable bonds is 2. The second-order valence-electron chi connectivity index (χ2n) is 3.80. The van der Waals surface area contributed by atoms with Gasteiger partial charge in [-0.15, -0.1) is 0 Å². The first-order valence-corrected chi connectivity index (χ1v) is 4.91. The normalized spacial score (nSPS) is 27.9. The minimum atomic E-state index is 0.160. The summed E-state index contributed by atoms with van der Waals surface area (Å²) in [6.07, 6.45) is 3.56. The lowest BCUT2D eigenvalue weighted by atomic mass is 9.98. The molecule has 0 radical (unpaired) electrons. The minimum Gasteiger partial charge on any atom is -0.288 e. The van der Waals surface area contributed by atoms with Gasteiger partial charge in [-0.25, -0.2) is 0 Å². The van der Waals surface area contributed by atoms with Crippen LogP contribution in [0.2, 0.25) is 0 Å². The molecule has 12 heavy (non-hydrogen) atoms. The molecule has 0 N–H and O–H groups in total. The number of piperidine rings is 1. The number of nitriles is 1. The molecule has 2 atom stereocenters. The van der Waals surface area contributed by atoms with E-state index in [1.54, 1.807) is 0 Å². The molecule has 2 nitrogen and oxygen atoms in total. The van der Waals surface area contributed by atoms with Crippen LogP contribution in [0.5, 0.6) is 0 Å². The lowest BCUT2D eigenvalue weighted by molar-refractivity contribution is 0.153. The quantitative estimate of drug-likeness (QED) is 0.627. The minimum absolute atomic E-state index is 0.160. The molecule has 0 aromatic heterocycles. The topological polar surface area (TPSA) is 27.0 Å². The predicted molar refractivity (Wildman–Crippen MR) is 49.7 cm³/mol. The average Bonchev–Trinajstić information content (AvgIpc) is 2.07. The third kappa shape index (κ3) is 2.22. The van der Waals surface area contributed by atoms with Crippen molar-refractivity contribution in [3.63, 3.8) is 0 Å². The van der Waals surface area contributed by atoms with Crippen LogP contribution in [0.4, 0.5) is 0 Å². The van der Waals surface area contributed by atoms with Crippen molar-refractivity contribution in [1.82, 2.24) is 4.90 Å². The van der Waals surface area contributed by atoms with Crippen LogP contribution < -0.4 is 0 Å². The van der Waals surface area contributed by atoms with Gasteiger partial charge in [0.25, 0.3) is 0 Å². The fourth-order valence-corrected chi connectivity index (χ4v) is 1.94. The lowest BCUT2D eigenvalue weighted by Gasteiger charge is -2.33. The molecule has 0 aromatic carbocycles. The molecule has 0 bridgehead atoms. The lowest BCUT2D eigenvalue weighted by Crippen LogP contribution is -2.41. The second kappa shape index (κ2) is 4.47. The molecule has 2 heteroatoms. The first-order chi connectivity index (χ1) is 5.77. The molecule has 1 rings (SSSR count). The first-order valence-electron chi connectivity index (χ1n) is 4.91. The van der Waals surface area contributed by atoms with E-state index in [0.29, 0.717) is 0 Å². The molecular weight excluding hydrogens is 148 g/mol. The van der Waals surface area contributed by atoms with Gasteiger partial charge in [-0.3, -0.25) is 4.90 Å². The zero-order valence-electron chi connectivity index (χ0n) is 8.08. The Balaban J connectivity index is 2.45. The number of likely N-dealkylation sites (tertiary alicyclic amines) is 1. The zero-order valence-corrected chi connectivity index (χ0v) is 8.08. The molecule has 0 saturated carbocycles. The molecule has 68 valence electrons. The van der Waals surface area contributed by atoms with Gasteiger partial charge in [0, 0.05) is 6.54 Å². The van der Waals surface area contributed by atoms with E-state index >= 15 is 0 Å². The van der Waals surface area contributed by atoms with E-state index in [0.717, 1.165) is 25.4 Å². The third-order valence-corrected chi connectivity index (χ3v) is 2.66. The van der Waals surface area contributed by atoms with Gasteiger partial charge in [0.05, 0.1) is 12.1 Å². The molecule has 1 fully saturated rings. The van der Waals surface area contributed by atoms with E-state index in [9.17, 15) is 0 Å². The molecule has 1 heterocycles. The van der Waals surface area contributed by atoms with Crippen LogP contribution in [-0.4, -0.2) is 24.0 Å². The summed E-state index contributed by atoms with van der Waals surface area (Å²) in [5.41, 5.74) is 0. The van der Waals surface area contributed by atoms with Gasteiger partial charge < -0.3 is 0 Å². The Morgan fingerprint density at radius 2 is 2.42 bits per heavy atom. The molecule has 0 amide bonds. The summed E-state index contributed by atoms with van der Waals surface area (Å²) < 4.78 is 0. The molecule has 2 unspecified atom stereocenters. The molecule has 1 saturated heterocycles. The van der Waals surface area contributed by atoms with Gasteiger partial charge in [-0.05, 0) is 31.7 Å². The van der Waals surface area contributed by atoms with Crippen molar-refractivity contribution in [3.05, 3.63) is 0 Å². The van der Waals surface area contributed by atoms with Crippen molar-refractivity contribution in [1.29, 1.82) is 5.26 Å². The monoisotopic (exact) mass is 166 g/mol. The first kappa shape index (κ1) is 9.54. The van der Waals surface area contributed by atoms with E-state index in [4.69, 9.17) is 5.26 Å². The van der Waals surface area contributed by atoms with Crippen LogP contribution in [0.25, 0.3) is 0 Å². The van der Waals surface area contributed by atoms with E-state index in [2.05, 4.69) is 24.8 Å². The summed E-state index contributed by atoms with van der Waals surface area (Å²) in [6.45, 7) is 6.60.